The third kappa shape index (κ3) is 2.58. The van der Waals surface area contributed by atoms with Crippen LogP contribution in [0.1, 0.15) is 11.1 Å². The molecule has 78 valence electrons. The summed E-state index contributed by atoms with van der Waals surface area (Å²) < 4.78 is 5.52. The minimum atomic E-state index is 0.484. The highest BCUT2D eigenvalue weighted by Crippen LogP contribution is 2.10. The molecule has 1 aromatic carbocycles. The summed E-state index contributed by atoms with van der Waals surface area (Å²) in [4.78, 5) is 3.96. The molecule has 0 saturated heterocycles. The zero-order chi connectivity index (χ0) is 11.2. The van der Waals surface area contributed by atoms with Crippen molar-refractivity contribution in [3.8, 4) is 11.8 Å². The number of benzene rings is 1. The van der Waals surface area contributed by atoms with Gasteiger partial charge in [0.05, 0.1) is 17.8 Å². The van der Waals surface area contributed by atoms with Crippen molar-refractivity contribution in [2.24, 2.45) is 0 Å². The molecule has 2 rings (SSSR count). The molecule has 0 atom stereocenters. The van der Waals surface area contributed by atoms with E-state index in [0.717, 1.165) is 11.3 Å². The van der Waals surface area contributed by atoms with Crippen LogP contribution in [0.4, 0.5) is 0 Å². The SMILES string of the molecule is N#Cc1ccc(COc2cccnc2)cc1. The second-order valence-corrected chi connectivity index (χ2v) is 3.29. The summed E-state index contributed by atoms with van der Waals surface area (Å²) >= 11 is 0. The van der Waals surface area contributed by atoms with Crippen LogP contribution in [0.2, 0.25) is 0 Å². The second kappa shape index (κ2) is 4.94. The fraction of sp³-hybridized carbons (Fsp3) is 0.0769. The van der Waals surface area contributed by atoms with Gasteiger partial charge in [0, 0.05) is 6.20 Å². The van der Waals surface area contributed by atoms with Crippen LogP contribution in [0, 0.1) is 11.3 Å². The van der Waals surface area contributed by atoms with Crippen LogP contribution in [0.15, 0.2) is 48.8 Å². The third-order valence-corrected chi connectivity index (χ3v) is 2.12. The topological polar surface area (TPSA) is 45.9 Å². The van der Waals surface area contributed by atoms with Crippen LogP contribution >= 0.6 is 0 Å². The number of pyridine rings is 1. The average molecular weight is 210 g/mol. The van der Waals surface area contributed by atoms with Crippen molar-refractivity contribution in [2.45, 2.75) is 6.61 Å². The van der Waals surface area contributed by atoms with E-state index in [2.05, 4.69) is 11.1 Å². The number of nitriles is 1. The first-order valence-corrected chi connectivity index (χ1v) is 4.90. The molecule has 3 nitrogen and oxygen atoms in total. The Morgan fingerprint density at radius 3 is 2.62 bits per heavy atom. The van der Waals surface area contributed by atoms with E-state index in [1.165, 1.54) is 0 Å². The van der Waals surface area contributed by atoms with E-state index < -0.39 is 0 Å². The first-order chi connectivity index (χ1) is 7.88. The van der Waals surface area contributed by atoms with Gasteiger partial charge in [-0.15, -0.1) is 0 Å². The van der Waals surface area contributed by atoms with Gasteiger partial charge in [0.2, 0.25) is 0 Å². The lowest BCUT2D eigenvalue weighted by Gasteiger charge is -2.05. The van der Waals surface area contributed by atoms with Gasteiger partial charge in [0.25, 0.3) is 0 Å². The quantitative estimate of drug-likeness (QED) is 0.782. The Labute approximate surface area is 93.9 Å². The molecule has 1 aromatic heterocycles. The number of ether oxygens (including phenoxy) is 1. The molecule has 0 aliphatic heterocycles. The molecule has 0 N–H and O–H groups in total. The number of nitrogens with zero attached hydrogens (tertiary/aromatic N) is 2. The number of rotatable bonds is 3. The average Bonchev–Trinajstić information content (AvgIpc) is 2.38. The molecule has 0 saturated carbocycles. The van der Waals surface area contributed by atoms with Crippen molar-refractivity contribution in [2.75, 3.05) is 0 Å². The lowest BCUT2D eigenvalue weighted by Crippen LogP contribution is -1.95. The lowest BCUT2D eigenvalue weighted by atomic mass is 10.2. The molecule has 3 heteroatoms. The number of hydrogen-bond acceptors (Lipinski definition) is 3. The Hall–Kier alpha value is -2.34. The summed E-state index contributed by atoms with van der Waals surface area (Å²) in [6, 6.07) is 13.1. The predicted octanol–water partition coefficient (Wildman–Crippen LogP) is 2.53. The van der Waals surface area contributed by atoms with Crippen LogP contribution in [-0.2, 0) is 6.61 Å². The molecule has 0 aliphatic rings. The van der Waals surface area contributed by atoms with E-state index >= 15 is 0 Å². The number of hydrogen-bond donors (Lipinski definition) is 0. The summed E-state index contributed by atoms with van der Waals surface area (Å²) in [7, 11) is 0. The van der Waals surface area contributed by atoms with Crippen molar-refractivity contribution in [3.63, 3.8) is 0 Å². The maximum Gasteiger partial charge on any atom is 0.138 e. The molecule has 2 aromatic rings. The van der Waals surface area contributed by atoms with Crippen LogP contribution in [0.25, 0.3) is 0 Å². The molecule has 0 radical (unpaired) electrons. The van der Waals surface area contributed by atoms with E-state index in [1.54, 1.807) is 24.5 Å². The van der Waals surface area contributed by atoms with E-state index in [1.807, 2.05) is 24.3 Å². The standard InChI is InChI=1S/C13H10N2O/c14-8-11-3-5-12(6-4-11)10-16-13-2-1-7-15-9-13/h1-7,9H,10H2. The Morgan fingerprint density at radius 2 is 2.00 bits per heavy atom. The Bertz CT molecular complexity index is 486. The van der Waals surface area contributed by atoms with E-state index in [9.17, 15) is 0 Å². The molecular weight excluding hydrogens is 200 g/mol. The molecule has 0 spiro atoms. The highest BCUT2D eigenvalue weighted by molar-refractivity contribution is 5.31. The van der Waals surface area contributed by atoms with Gasteiger partial charge < -0.3 is 4.74 Å². The summed E-state index contributed by atoms with van der Waals surface area (Å²) in [6.45, 7) is 0.484. The Morgan fingerprint density at radius 1 is 1.19 bits per heavy atom. The van der Waals surface area contributed by atoms with E-state index in [0.29, 0.717) is 12.2 Å². The van der Waals surface area contributed by atoms with Crippen molar-refractivity contribution in [1.29, 1.82) is 5.26 Å². The van der Waals surface area contributed by atoms with Gasteiger partial charge in [-0.25, -0.2) is 0 Å². The number of aromatic nitrogens is 1. The molecule has 0 fully saturated rings. The summed E-state index contributed by atoms with van der Waals surface area (Å²) in [5.41, 5.74) is 1.69. The van der Waals surface area contributed by atoms with Crippen molar-refractivity contribution in [1.82, 2.24) is 4.98 Å². The van der Waals surface area contributed by atoms with Gasteiger partial charge >= 0.3 is 0 Å². The lowest BCUT2D eigenvalue weighted by molar-refractivity contribution is 0.305. The molecule has 0 unspecified atom stereocenters. The summed E-state index contributed by atoms with van der Waals surface area (Å²) in [5.74, 6) is 0.742. The first-order valence-electron chi connectivity index (χ1n) is 4.90. The normalized spacial score (nSPS) is 9.44. The van der Waals surface area contributed by atoms with Crippen LogP contribution < -0.4 is 4.74 Å². The Kier molecular flexibility index (Phi) is 3.15. The minimum absolute atomic E-state index is 0.484. The van der Waals surface area contributed by atoms with Gasteiger partial charge in [-0.05, 0) is 29.8 Å². The Balaban J connectivity index is 1.98. The maximum atomic E-state index is 8.65. The van der Waals surface area contributed by atoms with Crippen LogP contribution in [0.3, 0.4) is 0 Å². The molecule has 0 amide bonds. The minimum Gasteiger partial charge on any atom is -0.487 e. The van der Waals surface area contributed by atoms with Crippen LogP contribution in [-0.4, -0.2) is 4.98 Å². The fourth-order valence-electron chi connectivity index (χ4n) is 1.27. The first kappa shape index (κ1) is 10.2. The van der Waals surface area contributed by atoms with Crippen molar-refractivity contribution >= 4 is 0 Å². The smallest absolute Gasteiger partial charge is 0.138 e. The largest absolute Gasteiger partial charge is 0.487 e. The third-order valence-electron chi connectivity index (χ3n) is 2.12. The van der Waals surface area contributed by atoms with Crippen LogP contribution in [0.5, 0.6) is 5.75 Å². The van der Waals surface area contributed by atoms with Crippen molar-refractivity contribution < 1.29 is 4.74 Å². The zero-order valence-electron chi connectivity index (χ0n) is 8.63. The van der Waals surface area contributed by atoms with Crippen molar-refractivity contribution in [3.05, 3.63) is 59.9 Å². The molecule has 0 aliphatic carbocycles. The molecule has 16 heavy (non-hydrogen) atoms. The van der Waals surface area contributed by atoms with Gasteiger partial charge in [-0.3, -0.25) is 4.98 Å². The summed E-state index contributed by atoms with van der Waals surface area (Å²) in [5, 5.41) is 8.65. The highest BCUT2D eigenvalue weighted by Gasteiger charge is 1.96. The maximum absolute atomic E-state index is 8.65. The zero-order valence-corrected chi connectivity index (χ0v) is 8.63. The highest BCUT2D eigenvalue weighted by atomic mass is 16.5. The summed E-state index contributed by atoms with van der Waals surface area (Å²) in [6.07, 6.45) is 3.37. The van der Waals surface area contributed by atoms with Gasteiger partial charge in [-0.2, -0.15) is 5.26 Å². The van der Waals surface area contributed by atoms with Gasteiger partial charge in [0.1, 0.15) is 12.4 Å². The fourth-order valence-corrected chi connectivity index (χ4v) is 1.27. The monoisotopic (exact) mass is 210 g/mol. The van der Waals surface area contributed by atoms with Gasteiger partial charge in [0.15, 0.2) is 0 Å². The molecular formula is C13H10N2O. The molecule has 1 heterocycles. The van der Waals surface area contributed by atoms with E-state index in [4.69, 9.17) is 10.00 Å². The van der Waals surface area contributed by atoms with E-state index in [-0.39, 0.29) is 0 Å². The van der Waals surface area contributed by atoms with Gasteiger partial charge in [-0.1, -0.05) is 12.1 Å². The second-order valence-electron chi connectivity index (χ2n) is 3.29. The predicted molar refractivity (Wildman–Crippen MR) is 59.7 cm³/mol. The molecule has 0 bridgehead atoms.